The zero-order valence-corrected chi connectivity index (χ0v) is 16.5. The third-order valence-electron chi connectivity index (χ3n) is 2.46. The fourth-order valence-electron chi connectivity index (χ4n) is 2.11. The van der Waals surface area contributed by atoms with Gasteiger partial charge in [0.05, 0.1) is 0 Å². The highest BCUT2D eigenvalue weighted by atomic mass is 35.8. The molecule has 0 unspecified atom stereocenters. The summed E-state index contributed by atoms with van der Waals surface area (Å²) in [5.74, 6) is 0. The Morgan fingerprint density at radius 1 is 0.812 bits per heavy atom. The van der Waals surface area contributed by atoms with Gasteiger partial charge >= 0.3 is 6.00 Å². The smallest absolute Gasteiger partial charge is 0.341 e. The Hall–Kier alpha value is 1.48. The van der Waals surface area contributed by atoms with Crippen LogP contribution in [0, 0.1) is 0 Å². The fourth-order valence-corrected chi connectivity index (χ4v) is 13.6. The van der Waals surface area contributed by atoms with Gasteiger partial charge in [0.15, 0.2) is 0 Å². The fraction of sp³-hybridized carbons (Fsp3) is 1.00. The Morgan fingerprint density at radius 2 is 1.19 bits per heavy atom. The van der Waals surface area contributed by atoms with Crippen LogP contribution in [0.5, 0.6) is 0 Å². The van der Waals surface area contributed by atoms with E-state index in [1.807, 2.05) is 0 Å². The van der Waals surface area contributed by atoms with E-state index in [-0.39, 0.29) is 0 Å². The van der Waals surface area contributed by atoms with Gasteiger partial charge in [0.25, 0.3) is 0 Å². The van der Waals surface area contributed by atoms with Crippen molar-refractivity contribution in [2.45, 2.75) is 51.7 Å². The first kappa shape index (κ1) is 17.5. The molecule has 16 heavy (non-hydrogen) atoms. The van der Waals surface area contributed by atoms with E-state index in [0.29, 0.717) is 0 Å². The Kier molecular flexibility index (Phi) is 6.65. The maximum atomic E-state index is 5.92. The highest BCUT2D eigenvalue weighted by Crippen LogP contribution is 2.28. The summed E-state index contributed by atoms with van der Waals surface area (Å²) in [7, 11) is -2.47. The summed E-state index contributed by atoms with van der Waals surface area (Å²) >= 11 is 17.8. The Labute approximate surface area is 118 Å². The quantitative estimate of drug-likeness (QED) is 0.487. The molecule has 0 spiro atoms. The SMILES string of the molecule is C[Si](C)(C)N(CCC[Si](Cl)(Cl)Cl)[Si](C)(C)C. The first-order chi connectivity index (χ1) is 6.84. The van der Waals surface area contributed by atoms with E-state index in [9.17, 15) is 0 Å². The standard InChI is InChI=1S/C9H24Cl3NSi3/c1-14(2,3)13(15(4,5)6)8-7-9-16(10,11)12/h7-9H2,1-6H3. The molecule has 0 bridgehead atoms. The molecular formula is C9H24Cl3NSi3. The van der Waals surface area contributed by atoms with E-state index in [1.54, 1.807) is 0 Å². The van der Waals surface area contributed by atoms with Gasteiger partial charge in [-0.15, -0.1) is 33.2 Å². The molecule has 0 aliphatic carbocycles. The first-order valence-corrected chi connectivity index (χ1v) is 17.8. The lowest BCUT2D eigenvalue weighted by atomic mass is 10.5. The molecule has 98 valence electrons. The van der Waals surface area contributed by atoms with Crippen molar-refractivity contribution in [3.63, 3.8) is 0 Å². The van der Waals surface area contributed by atoms with E-state index in [4.69, 9.17) is 33.2 Å². The van der Waals surface area contributed by atoms with E-state index < -0.39 is 22.5 Å². The number of hydrogen-bond acceptors (Lipinski definition) is 1. The molecule has 0 rings (SSSR count). The molecular weight excluding hydrogens is 313 g/mol. The zero-order valence-electron chi connectivity index (χ0n) is 11.2. The van der Waals surface area contributed by atoms with Gasteiger partial charge in [-0.25, -0.2) is 0 Å². The van der Waals surface area contributed by atoms with Crippen LogP contribution in [0.2, 0.25) is 45.3 Å². The topological polar surface area (TPSA) is 3.24 Å². The zero-order chi connectivity index (χ0) is 13.2. The summed E-state index contributed by atoms with van der Waals surface area (Å²) < 4.78 is 2.74. The second-order valence-corrected chi connectivity index (χ2v) is 25.7. The second-order valence-electron chi connectivity index (χ2n) is 6.21. The highest BCUT2D eigenvalue weighted by Gasteiger charge is 2.34. The Balaban J connectivity index is 4.38. The maximum absolute atomic E-state index is 5.92. The third kappa shape index (κ3) is 7.74. The second kappa shape index (κ2) is 6.08. The summed E-state index contributed by atoms with van der Waals surface area (Å²) in [5.41, 5.74) is 0. The van der Waals surface area contributed by atoms with E-state index >= 15 is 0 Å². The highest BCUT2D eigenvalue weighted by molar-refractivity contribution is 7.64. The molecule has 0 aromatic heterocycles. The predicted molar refractivity (Wildman–Crippen MR) is 86.1 cm³/mol. The van der Waals surface area contributed by atoms with Crippen molar-refractivity contribution in [3.8, 4) is 0 Å². The Morgan fingerprint density at radius 3 is 1.44 bits per heavy atom. The summed E-state index contributed by atoms with van der Waals surface area (Å²) in [6.07, 6.45) is 1.03. The van der Waals surface area contributed by atoms with Crippen molar-refractivity contribution in [2.24, 2.45) is 0 Å². The number of hydrogen-bond donors (Lipinski definition) is 0. The molecule has 0 heterocycles. The summed E-state index contributed by atoms with van der Waals surface area (Å²) in [6, 6.07) is -1.64. The molecule has 7 heteroatoms. The van der Waals surface area contributed by atoms with Crippen molar-refractivity contribution in [1.82, 2.24) is 4.23 Å². The molecule has 0 atom stereocenters. The molecule has 0 fully saturated rings. The molecule has 0 radical (unpaired) electrons. The molecule has 0 saturated heterocycles. The minimum absolute atomic E-state index is 0.781. The van der Waals surface area contributed by atoms with Crippen LogP contribution in [0.15, 0.2) is 0 Å². The van der Waals surface area contributed by atoms with Gasteiger partial charge < -0.3 is 4.23 Å². The van der Waals surface area contributed by atoms with Gasteiger partial charge in [-0.3, -0.25) is 0 Å². The predicted octanol–water partition coefficient (Wildman–Crippen LogP) is 5.00. The van der Waals surface area contributed by atoms with Crippen LogP contribution < -0.4 is 0 Å². The molecule has 1 nitrogen and oxygen atoms in total. The maximum Gasteiger partial charge on any atom is 0.341 e. The van der Waals surface area contributed by atoms with E-state index in [2.05, 4.69) is 43.5 Å². The largest absolute Gasteiger partial charge is 0.346 e. The minimum Gasteiger partial charge on any atom is -0.346 e. The number of rotatable bonds is 6. The lowest BCUT2D eigenvalue weighted by Crippen LogP contribution is -2.59. The monoisotopic (exact) mass is 335 g/mol. The van der Waals surface area contributed by atoms with Gasteiger partial charge in [0, 0.05) is 0 Å². The first-order valence-electron chi connectivity index (χ1n) is 5.68. The molecule has 0 aliphatic heterocycles. The summed E-state index contributed by atoms with van der Waals surface area (Å²) in [6.45, 7) is 15.5. The molecule has 0 aromatic rings. The average Bonchev–Trinajstić information content (AvgIpc) is 1.90. The van der Waals surface area contributed by atoms with Crippen molar-refractivity contribution >= 4 is 55.7 Å². The molecule has 0 aromatic carbocycles. The Bertz CT molecular complexity index is 204. The number of nitrogens with zero attached hydrogens (tertiary/aromatic N) is 1. The van der Waals surface area contributed by atoms with Gasteiger partial charge in [-0.2, -0.15) is 0 Å². The summed E-state index contributed by atoms with van der Waals surface area (Å²) in [5, 5.41) is 0. The van der Waals surface area contributed by atoms with E-state index in [1.165, 1.54) is 0 Å². The lowest BCUT2D eigenvalue weighted by molar-refractivity contribution is 0.601. The van der Waals surface area contributed by atoms with Crippen molar-refractivity contribution < 1.29 is 0 Å². The van der Waals surface area contributed by atoms with Crippen molar-refractivity contribution in [3.05, 3.63) is 0 Å². The van der Waals surface area contributed by atoms with Gasteiger partial charge in [-0.05, 0) is 19.0 Å². The van der Waals surface area contributed by atoms with Crippen LogP contribution in [-0.4, -0.2) is 33.2 Å². The minimum atomic E-state index is -2.42. The van der Waals surface area contributed by atoms with Crippen LogP contribution in [0.1, 0.15) is 6.42 Å². The summed E-state index contributed by atoms with van der Waals surface area (Å²) in [4.78, 5) is 0. The van der Waals surface area contributed by atoms with Crippen LogP contribution in [0.3, 0.4) is 0 Å². The van der Waals surface area contributed by atoms with Crippen molar-refractivity contribution in [1.29, 1.82) is 0 Å². The van der Waals surface area contributed by atoms with Crippen LogP contribution in [0.4, 0.5) is 0 Å². The van der Waals surface area contributed by atoms with Gasteiger partial charge in [0.2, 0.25) is 0 Å². The van der Waals surface area contributed by atoms with E-state index in [0.717, 1.165) is 19.0 Å². The van der Waals surface area contributed by atoms with Crippen LogP contribution in [-0.2, 0) is 0 Å². The van der Waals surface area contributed by atoms with Gasteiger partial charge in [-0.1, -0.05) is 39.3 Å². The molecule has 0 aliphatic rings. The normalized spacial score (nSPS) is 14.6. The van der Waals surface area contributed by atoms with Crippen LogP contribution >= 0.6 is 33.2 Å². The molecule has 0 saturated carbocycles. The third-order valence-corrected chi connectivity index (χ3v) is 12.8. The molecule has 0 amide bonds. The molecule has 0 N–H and O–H groups in total. The lowest BCUT2D eigenvalue weighted by Gasteiger charge is -2.43. The average molecular weight is 337 g/mol. The van der Waals surface area contributed by atoms with Crippen LogP contribution in [0.25, 0.3) is 0 Å². The van der Waals surface area contributed by atoms with Gasteiger partial charge in [0.1, 0.15) is 16.5 Å². The van der Waals surface area contributed by atoms with Crippen molar-refractivity contribution in [2.75, 3.05) is 6.54 Å². The number of halogens is 3.